The summed E-state index contributed by atoms with van der Waals surface area (Å²) in [6.07, 6.45) is 3.53. The molecule has 1 aromatic heterocycles. The minimum atomic E-state index is -3.44. The van der Waals surface area contributed by atoms with Gasteiger partial charge in [0.25, 0.3) is 0 Å². The number of sulfonamides is 1. The van der Waals surface area contributed by atoms with Gasteiger partial charge in [-0.15, -0.1) is 0 Å². The lowest BCUT2D eigenvalue weighted by molar-refractivity contribution is 0.453. The van der Waals surface area contributed by atoms with Gasteiger partial charge in [-0.25, -0.2) is 8.42 Å². The average Bonchev–Trinajstić information content (AvgIpc) is 3.05. The van der Waals surface area contributed by atoms with E-state index in [1.54, 1.807) is 22.6 Å². The molecule has 3 rings (SSSR count). The van der Waals surface area contributed by atoms with E-state index >= 15 is 0 Å². The van der Waals surface area contributed by atoms with Crippen LogP contribution in [0.5, 0.6) is 0 Å². The summed E-state index contributed by atoms with van der Waals surface area (Å²) >= 11 is 0. The minimum Gasteiger partial charge on any atom is -0.399 e. The normalized spacial score (nSPS) is 20.8. The van der Waals surface area contributed by atoms with Crippen molar-refractivity contribution < 1.29 is 8.42 Å². The van der Waals surface area contributed by atoms with Crippen molar-refractivity contribution in [2.24, 2.45) is 5.92 Å². The first-order valence-electron chi connectivity index (χ1n) is 6.89. The Hall–Kier alpha value is -1.53. The molecule has 2 aromatic rings. The number of benzene rings is 1. The van der Waals surface area contributed by atoms with Crippen molar-refractivity contribution in [3.63, 3.8) is 0 Å². The highest BCUT2D eigenvalue weighted by atomic mass is 32.2. The number of aromatic amines is 1. The maximum atomic E-state index is 12.7. The molecule has 0 radical (unpaired) electrons. The van der Waals surface area contributed by atoms with Crippen molar-refractivity contribution in [2.45, 2.75) is 24.7 Å². The zero-order valence-electron chi connectivity index (χ0n) is 11.5. The number of fused-ring (bicyclic) bond motifs is 1. The van der Waals surface area contributed by atoms with Gasteiger partial charge < -0.3 is 10.7 Å². The maximum absolute atomic E-state index is 12.7. The van der Waals surface area contributed by atoms with Crippen LogP contribution >= 0.6 is 0 Å². The second-order valence-electron chi connectivity index (χ2n) is 5.38. The summed E-state index contributed by atoms with van der Waals surface area (Å²) in [4.78, 5) is 3.34. The molecular formula is C14H19N3O2S. The summed E-state index contributed by atoms with van der Waals surface area (Å²) in [6, 6.07) is 5.28. The second kappa shape index (κ2) is 4.79. The number of nitrogens with two attached hydrogens (primary N) is 1. The highest BCUT2D eigenvalue weighted by Gasteiger charge is 2.33. The molecule has 0 saturated carbocycles. The first-order chi connectivity index (χ1) is 9.52. The highest BCUT2D eigenvalue weighted by Crippen LogP contribution is 2.30. The Balaban J connectivity index is 2.03. The van der Waals surface area contributed by atoms with Crippen molar-refractivity contribution in [2.75, 3.05) is 18.8 Å². The predicted octanol–water partition coefficient (Wildman–Crippen LogP) is 2.17. The van der Waals surface area contributed by atoms with Crippen LogP contribution < -0.4 is 5.73 Å². The zero-order valence-corrected chi connectivity index (χ0v) is 12.3. The Morgan fingerprint density at radius 3 is 2.95 bits per heavy atom. The molecule has 5 nitrogen and oxygen atoms in total. The number of anilines is 1. The number of hydrogen-bond acceptors (Lipinski definition) is 3. The third-order valence-corrected chi connectivity index (χ3v) is 6.02. The molecule has 1 atom stereocenters. The predicted molar refractivity (Wildman–Crippen MR) is 79.9 cm³/mol. The van der Waals surface area contributed by atoms with Crippen molar-refractivity contribution in [3.05, 3.63) is 24.4 Å². The number of H-pyrrole nitrogens is 1. The summed E-state index contributed by atoms with van der Waals surface area (Å²) < 4.78 is 27.1. The van der Waals surface area contributed by atoms with Gasteiger partial charge in [-0.05, 0) is 30.5 Å². The molecule has 1 aliphatic heterocycles. The fraction of sp³-hybridized carbons (Fsp3) is 0.429. The van der Waals surface area contributed by atoms with Gasteiger partial charge in [0.05, 0.1) is 0 Å². The lowest BCUT2D eigenvalue weighted by Gasteiger charge is -2.15. The molecule has 0 aliphatic carbocycles. The van der Waals surface area contributed by atoms with Gasteiger partial charge in [0, 0.05) is 35.9 Å². The van der Waals surface area contributed by atoms with E-state index in [1.807, 2.05) is 6.07 Å². The molecule has 1 saturated heterocycles. The summed E-state index contributed by atoms with van der Waals surface area (Å²) in [7, 11) is -3.44. The molecular weight excluding hydrogens is 274 g/mol. The number of nitrogen functional groups attached to an aromatic ring is 1. The molecule has 2 heterocycles. The van der Waals surface area contributed by atoms with Crippen molar-refractivity contribution in [3.8, 4) is 0 Å². The lowest BCUT2D eigenvalue weighted by atomic mass is 10.1. The third kappa shape index (κ3) is 2.09. The van der Waals surface area contributed by atoms with Gasteiger partial charge in [0.2, 0.25) is 10.0 Å². The quantitative estimate of drug-likeness (QED) is 0.851. The molecule has 20 heavy (non-hydrogen) atoms. The Bertz CT molecular complexity index is 736. The van der Waals surface area contributed by atoms with Crippen LogP contribution in [0, 0.1) is 5.92 Å². The van der Waals surface area contributed by atoms with E-state index in [0.717, 1.165) is 18.4 Å². The molecule has 1 unspecified atom stereocenters. The third-order valence-electron chi connectivity index (χ3n) is 4.11. The highest BCUT2D eigenvalue weighted by molar-refractivity contribution is 7.89. The van der Waals surface area contributed by atoms with E-state index in [1.165, 1.54) is 0 Å². The Labute approximate surface area is 118 Å². The molecule has 6 heteroatoms. The van der Waals surface area contributed by atoms with Gasteiger partial charge in [-0.3, -0.25) is 0 Å². The van der Waals surface area contributed by atoms with Crippen LogP contribution in [0.2, 0.25) is 0 Å². The van der Waals surface area contributed by atoms with Crippen LogP contribution in [0.4, 0.5) is 5.69 Å². The van der Waals surface area contributed by atoms with E-state index in [0.29, 0.717) is 35.0 Å². The average molecular weight is 293 g/mol. The van der Waals surface area contributed by atoms with E-state index in [4.69, 9.17) is 5.73 Å². The Morgan fingerprint density at radius 1 is 1.45 bits per heavy atom. The summed E-state index contributed by atoms with van der Waals surface area (Å²) in [6.45, 7) is 3.33. The fourth-order valence-corrected chi connectivity index (χ4v) is 4.50. The number of nitrogens with zero attached hydrogens (tertiary/aromatic N) is 1. The number of hydrogen-bond donors (Lipinski definition) is 2. The van der Waals surface area contributed by atoms with Crippen LogP contribution in [0.1, 0.15) is 19.8 Å². The van der Waals surface area contributed by atoms with Crippen molar-refractivity contribution >= 4 is 26.6 Å². The largest absolute Gasteiger partial charge is 0.399 e. The minimum absolute atomic E-state index is 0.330. The van der Waals surface area contributed by atoms with E-state index in [9.17, 15) is 8.42 Å². The number of rotatable bonds is 3. The molecule has 0 amide bonds. The lowest BCUT2D eigenvalue weighted by Crippen LogP contribution is -2.28. The Morgan fingerprint density at radius 2 is 2.25 bits per heavy atom. The van der Waals surface area contributed by atoms with Gasteiger partial charge >= 0.3 is 0 Å². The molecule has 3 N–H and O–H groups in total. The van der Waals surface area contributed by atoms with Crippen molar-refractivity contribution in [1.29, 1.82) is 0 Å². The standard InChI is InChI=1S/C14H19N3O2S/c1-2-10-5-6-17(9-10)20(18,19)14-8-16-13-4-3-11(15)7-12(13)14/h3-4,7-8,10,16H,2,5-6,9,15H2,1H3. The number of nitrogens with one attached hydrogen (secondary N) is 1. The first kappa shape index (κ1) is 13.5. The monoisotopic (exact) mass is 293 g/mol. The zero-order chi connectivity index (χ0) is 14.3. The molecule has 1 aliphatic rings. The van der Waals surface area contributed by atoms with Crippen LogP contribution in [0.15, 0.2) is 29.3 Å². The smallest absolute Gasteiger partial charge is 0.245 e. The summed E-state index contributed by atoms with van der Waals surface area (Å²) in [5, 5.41) is 0.671. The van der Waals surface area contributed by atoms with Gasteiger partial charge in [-0.2, -0.15) is 4.31 Å². The van der Waals surface area contributed by atoms with Gasteiger partial charge in [0.15, 0.2) is 0 Å². The van der Waals surface area contributed by atoms with Crippen LogP contribution in [-0.4, -0.2) is 30.8 Å². The van der Waals surface area contributed by atoms with E-state index < -0.39 is 10.0 Å². The maximum Gasteiger partial charge on any atom is 0.245 e. The van der Waals surface area contributed by atoms with Crippen molar-refractivity contribution in [1.82, 2.24) is 9.29 Å². The molecule has 108 valence electrons. The van der Waals surface area contributed by atoms with E-state index in [2.05, 4.69) is 11.9 Å². The Kier molecular flexibility index (Phi) is 3.22. The molecule has 1 aromatic carbocycles. The SMILES string of the molecule is CCC1CCN(S(=O)(=O)c2c[nH]c3ccc(N)cc23)C1. The topological polar surface area (TPSA) is 79.2 Å². The summed E-state index contributed by atoms with van der Waals surface area (Å²) in [5.74, 6) is 0.472. The van der Waals surface area contributed by atoms with Crippen LogP contribution in [0.25, 0.3) is 10.9 Å². The molecule has 1 fully saturated rings. The van der Waals surface area contributed by atoms with E-state index in [-0.39, 0.29) is 0 Å². The summed E-state index contributed by atoms with van der Waals surface area (Å²) in [5.41, 5.74) is 7.14. The number of aromatic nitrogens is 1. The van der Waals surface area contributed by atoms with Crippen LogP contribution in [0.3, 0.4) is 0 Å². The molecule has 0 spiro atoms. The fourth-order valence-electron chi connectivity index (χ4n) is 2.81. The first-order valence-corrected chi connectivity index (χ1v) is 8.33. The van der Waals surface area contributed by atoms with Crippen LogP contribution in [-0.2, 0) is 10.0 Å². The van der Waals surface area contributed by atoms with Gasteiger partial charge in [0.1, 0.15) is 4.90 Å². The second-order valence-corrected chi connectivity index (χ2v) is 7.29. The molecule has 0 bridgehead atoms. The van der Waals surface area contributed by atoms with Gasteiger partial charge in [-0.1, -0.05) is 13.3 Å².